The van der Waals surface area contributed by atoms with Crippen LogP contribution in [-0.4, -0.2) is 24.2 Å². The average molecular weight is 346 g/mol. The van der Waals surface area contributed by atoms with Gasteiger partial charge < -0.3 is 15.7 Å². The monoisotopic (exact) mass is 346 g/mol. The predicted octanol–water partition coefficient (Wildman–Crippen LogP) is 4.32. The Balaban J connectivity index is 0.00000151. The molecule has 2 rings (SSSR count). The van der Waals surface area contributed by atoms with E-state index < -0.39 is 0 Å². The molecule has 136 valence electrons. The molecule has 0 aliphatic carbocycles. The first-order valence-corrected chi connectivity index (χ1v) is 8.54. The molecule has 0 aliphatic heterocycles. The molecule has 25 heavy (non-hydrogen) atoms. The van der Waals surface area contributed by atoms with E-state index in [9.17, 15) is 9.18 Å². The summed E-state index contributed by atoms with van der Waals surface area (Å²) in [5.41, 5.74) is 3.11. The van der Waals surface area contributed by atoms with Gasteiger partial charge in [0.25, 0.3) is 5.91 Å². The number of benzene rings is 2. The van der Waals surface area contributed by atoms with Crippen LogP contribution < -0.4 is 10.6 Å². The van der Waals surface area contributed by atoms with E-state index in [0.717, 1.165) is 11.1 Å². The van der Waals surface area contributed by atoms with Crippen molar-refractivity contribution in [2.45, 2.75) is 34.1 Å². The highest BCUT2D eigenvalue weighted by atomic mass is 19.1. The van der Waals surface area contributed by atoms with E-state index in [-0.39, 0.29) is 18.3 Å². The highest BCUT2D eigenvalue weighted by Crippen LogP contribution is 2.25. The first-order valence-electron chi connectivity index (χ1n) is 8.54. The van der Waals surface area contributed by atoms with Gasteiger partial charge in [-0.05, 0) is 55.7 Å². The molecule has 3 N–H and O–H groups in total. The van der Waals surface area contributed by atoms with Crippen LogP contribution in [-0.2, 0) is 0 Å². The number of aryl methyl sites for hydroxylation is 2. The lowest BCUT2D eigenvalue weighted by atomic mass is 10.1. The zero-order valence-corrected chi connectivity index (χ0v) is 15.3. The van der Waals surface area contributed by atoms with Crippen molar-refractivity contribution in [3.8, 4) is 0 Å². The summed E-state index contributed by atoms with van der Waals surface area (Å²) in [6.45, 7) is 8.14. The highest BCUT2D eigenvalue weighted by Gasteiger charge is 2.13. The van der Waals surface area contributed by atoms with Gasteiger partial charge in [0.15, 0.2) is 0 Å². The lowest BCUT2D eigenvalue weighted by Crippen LogP contribution is -2.25. The second kappa shape index (κ2) is 10.5. The molecule has 0 atom stereocenters. The van der Waals surface area contributed by atoms with E-state index in [1.54, 1.807) is 18.2 Å². The van der Waals surface area contributed by atoms with Crippen LogP contribution >= 0.6 is 0 Å². The van der Waals surface area contributed by atoms with Crippen LogP contribution in [0.1, 0.15) is 41.8 Å². The fraction of sp³-hybridized carbons (Fsp3) is 0.350. The van der Waals surface area contributed by atoms with Crippen molar-refractivity contribution >= 4 is 17.3 Å². The highest BCUT2D eigenvalue weighted by molar-refractivity contribution is 6.00. The first kappa shape index (κ1) is 20.6. The number of nitrogens with one attached hydrogen (secondary N) is 2. The van der Waals surface area contributed by atoms with Crippen LogP contribution in [0.3, 0.4) is 0 Å². The van der Waals surface area contributed by atoms with Gasteiger partial charge in [0.2, 0.25) is 0 Å². The Kier molecular flexibility index (Phi) is 8.64. The molecule has 4 nitrogen and oxygen atoms in total. The van der Waals surface area contributed by atoms with Gasteiger partial charge in [0, 0.05) is 13.2 Å². The zero-order chi connectivity index (χ0) is 18.8. The summed E-state index contributed by atoms with van der Waals surface area (Å²) in [7, 11) is 0. The summed E-state index contributed by atoms with van der Waals surface area (Å²) >= 11 is 0. The summed E-state index contributed by atoms with van der Waals surface area (Å²) in [6.07, 6.45) is 0.493. The zero-order valence-electron chi connectivity index (χ0n) is 15.3. The van der Waals surface area contributed by atoms with E-state index in [0.29, 0.717) is 29.9 Å². The molecular formula is C20H27FN2O2. The molecule has 1 amide bonds. The molecule has 0 spiro atoms. The predicted molar refractivity (Wildman–Crippen MR) is 101 cm³/mol. The molecule has 2 aromatic carbocycles. The van der Waals surface area contributed by atoms with Crippen LogP contribution in [0.5, 0.6) is 0 Å². The molecule has 0 saturated heterocycles. The Hall–Kier alpha value is -2.40. The number of anilines is 2. The van der Waals surface area contributed by atoms with Crippen molar-refractivity contribution in [1.29, 1.82) is 0 Å². The summed E-state index contributed by atoms with van der Waals surface area (Å²) in [5, 5.41) is 14.5. The summed E-state index contributed by atoms with van der Waals surface area (Å²) < 4.78 is 14.0. The van der Waals surface area contributed by atoms with Gasteiger partial charge in [-0.2, -0.15) is 0 Å². The minimum Gasteiger partial charge on any atom is -0.396 e. The normalized spacial score (nSPS) is 9.84. The Morgan fingerprint density at radius 2 is 1.68 bits per heavy atom. The second-order valence-electron chi connectivity index (χ2n) is 5.49. The van der Waals surface area contributed by atoms with Gasteiger partial charge in [-0.1, -0.05) is 26.0 Å². The lowest BCUT2D eigenvalue weighted by molar-refractivity contribution is 0.0952. The third-order valence-corrected chi connectivity index (χ3v) is 3.43. The molecule has 0 radical (unpaired) electrons. The van der Waals surface area contributed by atoms with E-state index in [1.165, 1.54) is 6.07 Å². The molecule has 0 heterocycles. The third-order valence-electron chi connectivity index (χ3n) is 3.43. The van der Waals surface area contributed by atoms with Gasteiger partial charge in [-0.3, -0.25) is 4.79 Å². The van der Waals surface area contributed by atoms with Crippen LogP contribution in [0.25, 0.3) is 0 Å². The van der Waals surface area contributed by atoms with Crippen LogP contribution in [0.15, 0.2) is 36.4 Å². The fourth-order valence-electron chi connectivity index (χ4n) is 2.20. The van der Waals surface area contributed by atoms with Crippen LogP contribution in [0.4, 0.5) is 15.8 Å². The van der Waals surface area contributed by atoms with Crippen molar-refractivity contribution in [3.63, 3.8) is 0 Å². The van der Waals surface area contributed by atoms with Gasteiger partial charge in [-0.25, -0.2) is 4.39 Å². The van der Waals surface area contributed by atoms with E-state index >= 15 is 0 Å². The molecule has 0 aliphatic rings. The van der Waals surface area contributed by atoms with Crippen molar-refractivity contribution in [2.24, 2.45) is 0 Å². The van der Waals surface area contributed by atoms with Crippen molar-refractivity contribution < 1.29 is 14.3 Å². The Labute approximate surface area is 149 Å². The first-order chi connectivity index (χ1) is 12.0. The largest absolute Gasteiger partial charge is 0.396 e. The van der Waals surface area contributed by atoms with Gasteiger partial charge in [0.1, 0.15) is 5.82 Å². The van der Waals surface area contributed by atoms with E-state index in [2.05, 4.69) is 10.6 Å². The maximum absolute atomic E-state index is 14.0. The maximum Gasteiger partial charge on any atom is 0.253 e. The van der Waals surface area contributed by atoms with Crippen LogP contribution in [0.2, 0.25) is 0 Å². The number of hydrogen-bond acceptors (Lipinski definition) is 3. The summed E-state index contributed by atoms with van der Waals surface area (Å²) in [4.78, 5) is 12.3. The summed E-state index contributed by atoms with van der Waals surface area (Å²) in [6, 6.07) is 10.2. The van der Waals surface area contributed by atoms with Crippen molar-refractivity contribution in [2.75, 3.05) is 18.5 Å². The minimum absolute atomic E-state index is 0.0217. The Morgan fingerprint density at radius 3 is 2.32 bits per heavy atom. The smallest absolute Gasteiger partial charge is 0.253 e. The summed E-state index contributed by atoms with van der Waals surface area (Å²) in [5.74, 6) is -0.619. The van der Waals surface area contributed by atoms with Gasteiger partial charge >= 0.3 is 0 Å². The number of carbonyl (C=O) groups excluding carboxylic acids is 1. The number of rotatable bonds is 6. The molecule has 0 unspecified atom stereocenters. The number of amides is 1. The van der Waals surface area contributed by atoms with Crippen LogP contribution in [0, 0.1) is 19.7 Å². The standard InChI is InChI=1S/C18H21FN2O2.C2H6/c1-12-5-7-16(15(19)10-12)21-17-11-13(2)4-6-14(17)18(23)20-8-3-9-22;1-2/h4-7,10-11,21-22H,3,8-9H2,1-2H3,(H,20,23);1-2H3. The number of halogens is 1. The Morgan fingerprint density at radius 1 is 1.04 bits per heavy atom. The SMILES string of the molecule is CC.Cc1ccc(Nc2cc(C)ccc2C(=O)NCCCO)c(F)c1. The number of carbonyl (C=O) groups is 1. The van der Waals surface area contributed by atoms with E-state index in [1.807, 2.05) is 39.8 Å². The average Bonchev–Trinajstić information content (AvgIpc) is 2.59. The van der Waals surface area contributed by atoms with Gasteiger partial charge in [0.05, 0.1) is 16.9 Å². The third kappa shape index (κ3) is 6.19. The van der Waals surface area contributed by atoms with Gasteiger partial charge in [-0.15, -0.1) is 0 Å². The topological polar surface area (TPSA) is 61.4 Å². The molecular weight excluding hydrogens is 319 g/mol. The molecule has 0 aromatic heterocycles. The number of aliphatic hydroxyl groups excluding tert-OH is 1. The fourth-order valence-corrected chi connectivity index (χ4v) is 2.20. The molecule has 0 saturated carbocycles. The number of aliphatic hydroxyl groups is 1. The van der Waals surface area contributed by atoms with Crippen molar-refractivity contribution in [1.82, 2.24) is 5.32 Å². The quantitative estimate of drug-likeness (QED) is 0.683. The number of hydrogen-bond donors (Lipinski definition) is 3. The Bertz CT molecular complexity index is 702. The van der Waals surface area contributed by atoms with E-state index in [4.69, 9.17) is 5.11 Å². The second-order valence-corrected chi connectivity index (χ2v) is 5.49. The maximum atomic E-state index is 14.0. The molecule has 0 bridgehead atoms. The molecule has 5 heteroatoms. The lowest BCUT2D eigenvalue weighted by Gasteiger charge is -2.14. The minimum atomic E-state index is -0.363. The molecule has 0 fully saturated rings. The van der Waals surface area contributed by atoms with Crippen molar-refractivity contribution in [3.05, 3.63) is 58.9 Å². The molecule has 2 aromatic rings.